The van der Waals surface area contributed by atoms with E-state index in [1.807, 2.05) is 18.2 Å². The van der Waals surface area contributed by atoms with Crippen molar-refractivity contribution < 1.29 is 39.8 Å². The molecule has 45 heavy (non-hydrogen) atoms. The van der Waals surface area contributed by atoms with E-state index in [9.17, 15) is 30.3 Å². The molecular formula is C36H59NO8. The van der Waals surface area contributed by atoms with Crippen LogP contribution >= 0.6 is 0 Å². The van der Waals surface area contributed by atoms with Gasteiger partial charge in [-0.3, -0.25) is 4.79 Å². The van der Waals surface area contributed by atoms with Crippen LogP contribution < -0.4 is 5.32 Å². The highest BCUT2D eigenvalue weighted by Gasteiger charge is 2.44. The van der Waals surface area contributed by atoms with Gasteiger partial charge in [0, 0.05) is 6.42 Å². The van der Waals surface area contributed by atoms with Gasteiger partial charge in [-0.2, -0.15) is 0 Å². The molecule has 7 atom stereocenters. The molecule has 9 nitrogen and oxygen atoms in total. The molecule has 0 radical (unpaired) electrons. The second-order valence-corrected chi connectivity index (χ2v) is 11.2. The second-order valence-electron chi connectivity index (χ2n) is 11.2. The molecule has 6 N–H and O–H groups in total. The first kappa shape index (κ1) is 40.7. The molecule has 1 fully saturated rings. The highest BCUT2D eigenvalue weighted by molar-refractivity contribution is 5.76. The van der Waals surface area contributed by atoms with Crippen LogP contribution in [0.3, 0.4) is 0 Å². The highest BCUT2D eigenvalue weighted by atomic mass is 16.7. The van der Waals surface area contributed by atoms with Gasteiger partial charge in [-0.15, -0.1) is 0 Å². The summed E-state index contributed by atoms with van der Waals surface area (Å²) in [6, 6.07) is -0.858. The molecule has 9 heteroatoms. The van der Waals surface area contributed by atoms with Gasteiger partial charge in [0.1, 0.15) is 24.4 Å². The van der Waals surface area contributed by atoms with E-state index >= 15 is 0 Å². The van der Waals surface area contributed by atoms with Gasteiger partial charge in [0.25, 0.3) is 0 Å². The number of carbonyl (C=O) groups excluding carboxylic acids is 1. The molecule has 0 bridgehead atoms. The Morgan fingerprint density at radius 1 is 0.778 bits per heavy atom. The van der Waals surface area contributed by atoms with Crippen LogP contribution in [0.1, 0.15) is 90.9 Å². The molecule has 1 rings (SSSR count). The number of carbonyl (C=O) groups is 1. The van der Waals surface area contributed by atoms with Crippen LogP contribution in [0.2, 0.25) is 0 Å². The Kier molecular flexibility index (Phi) is 24.2. The van der Waals surface area contributed by atoms with Crippen LogP contribution in [0.15, 0.2) is 72.9 Å². The lowest BCUT2D eigenvalue weighted by Gasteiger charge is -2.40. The number of nitrogens with one attached hydrogen (secondary N) is 1. The lowest BCUT2D eigenvalue weighted by Crippen LogP contribution is -2.60. The first-order valence-corrected chi connectivity index (χ1v) is 16.7. The molecule has 0 saturated carbocycles. The number of ether oxygens (including phenoxy) is 2. The maximum Gasteiger partial charge on any atom is 0.220 e. The summed E-state index contributed by atoms with van der Waals surface area (Å²) in [5.74, 6) is -0.276. The third kappa shape index (κ3) is 19.0. The monoisotopic (exact) mass is 633 g/mol. The summed E-state index contributed by atoms with van der Waals surface area (Å²) in [4.78, 5) is 12.7. The van der Waals surface area contributed by atoms with E-state index in [0.29, 0.717) is 6.42 Å². The second kappa shape index (κ2) is 26.8. The van der Waals surface area contributed by atoms with E-state index in [1.54, 1.807) is 6.08 Å². The summed E-state index contributed by atoms with van der Waals surface area (Å²) in [5, 5.41) is 53.5. The van der Waals surface area contributed by atoms with Gasteiger partial charge in [0.05, 0.1) is 25.4 Å². The molecule has 1 aliphatic rings. The van der Waals surface area contributed by atoms with Crippen LogP contribution in [-0.4, -0.2) is 87.5 Å². The molecule has 0 aromatic rings. The minimum Gasteiger partial charge on any atom is -0.394 e. The number of rotatable bonds is 24. The number of amides is 1. The van der Waals surface area contributed by atoms with Gasteiger partial charge in [-0.05, 0) is 57.8 Å². The minimum atomic E-state index is -1.58. The molecule has 0 spiro atoms. The van der Waals surface area contributed by atoms with Crippen LogP contribution in [0.5, 0.6) is 0 Å². The maximum absolute atomic E-state index is 12.7. The van der Waals surface area contributed by atoms with Crippen molar-refractivity contribution in [2.45, 2.75) is 134 Å². The first-order chi connectivity index (χ1) is 21.8. The van der Waals surface area contributed by atoms with E-state index in [-0.39, 0.29) is 18.9 Å². The van der Waals surface area contributed by atoms with Crippen LogP contribution in [0.4, 0.5) is 0 Å². The molecular weight excluding hydrogens is 574 g/mol. The fourth-order valence-corrected chi connectivity index (χ4v) is 4.53. The summed E-state index contributed by atoms with van der Waals surface area (Å²) in [7, 11) is 0. The highest BCUT2D eigenvalue weighted by Crippen LogP contribution is 2.22. The topological polar surface area (TPSA) is 149 Å². The van der Waals surface area contributed by atoms with E-state index in [0.717, 1.165) is 44.9 Å². The quantitative estimate of drug-likeness (QED) is 0.0662. The Bertz CT molecular complexity index is 926. The third-order valence-electron chi connectivity index (χ3n) is 7.28. The smallest absolute Gasteiger partial charge is 0.220 e. The predicted octanol–water partition coefficient (Wildman–Crippen LogP) is 4.71. The summed E-state index contributed by atoms with van der Waals surface area (Å²) in [6.45, 7) is 3.48. The Balaban J connectivity index is 2.62. The summed E-state index contributed by atoms with van der Waals surface area (Å²) in [6.07, 6.45) is 26.9. The van der Waals surface area contributed by atoms with Gasteiger partial charge in [0.2, 0.25) is 5.91 Å². The lowest BCUT2D eigenvalue weighted by atomic mass is 9.99. The molecule has 0 aromatic heterocycles. The van der Waals surface area contributed by atoms with Crippen molar-refractivity contribution in [2.75, 3.05) is 13.2 Å². The van der Waals surface area contributed by atoms with E-state index in [4.69, 9.17) is 9.47 Å². The number of unbranched alkanes of at least 4 members (excludes halogenated alkanes) is 4. The van der Waals surface area contributed by atoms with Crippen molar-refractivity contribution >= 4 is 5.91 Å². The van der Waals surface area contributed by atoms with Crippen molar-refractivity contribution in [1.29, 1.82) is 0 Å². The zero-order valence-electron chi connectivity index (χ0n) is 27.3. The van der Waals surface area contributed by atoms with Gasteiger partial charge in [-0.25, -0.2) is 0 Å². The lowest BCUT2D eigenvalue weighted by molar-refractivity contribution is -0.302. The van der Waals surface area contributed by atoms with E-state index in [2.05, 4.69) is 67.8 Å². The van der Waals surface area contributed by atoms with Crippen molar-refractivity contribution in [3.63, 3.8) is 0 Å². The number of aliphatic hydroxyl groups excluding tert-OH is 5. The summed E-state index contributed by atoms with van der Waals surface area (Å²) < 4.78 is 11.0. The van der Waals surface area contributed by atoms with Crippen molar-refractivity contribution in [2.24, 2.45) is 0 Å². The Morgan fingerprint density at radius 3 is 2.02 bits per heavy atom. The minimum absolute atomic E-state index is 0.212. The fourth-order valence-electron chi connectivity index (χ4n) is 4.53. The van der Waals surface area contributed by atoms with Crippen molar-refractivity contribution in [1.82, 2.24) is 5.32 Å². The average Bonchev–Trinajstić information content (AvgIpc) is 3.04. The molecule has 1 saturated heterocycles. The zero-order valence-corrected chi connectivity index (χ0v) is 27.3. The normalized spacial score (nSPS) is 24.3. The van der Waals surface area contributed by atoms with Crippen molar-refractivity contribution in [3.8, 4) is 0 Å². The Labute approximate surface area is 270 Å². The zero-order chi connectivity index (χ0) is 33.1. The number of hydrogen-bond acceptors (Lipinski definition) is 8. The Hall–Kier alpha value is -2.37. The number of hydrogen-bond donors (Lipinski definition) is 6. The number of aliphatic hydroxyl groups is 5. The molecule has 7 unspecified atom stereocenters. The average molecular weight is 634 g/mol. The van der Waals surface area contributed by atoms with Crippen LogP contribution in [0, 0.1) is 0 Å². The standard InChI is InChI=1S/C36H59NO8/c1-3-5-7-9-11-13-14-15-16-18-20-22-24-26-32(40)37-29(30(39)25-23-21-19-17-12-10-8-6-4-2)28-44-36-35(43)34(42)33(41)31(27-38)45-36/h5,7,11-13,15-17,20,22-23,25,29-31,33-36,38-39,41-43H,3-4,6,8-10,14,18-19,21,24,26-28H2,1-2H3,(H,37,40)/b7-5-,13-11-,16-15-,17-12+,22-20-,25-23+. The molecule has 256 valence electrons. The molecule has 0 aliphatic carbocycles. The van der Waals surface area contributed by atoms with Gasteiger partial charge in [-0.1, -0.05) is 99.6 Å². The summed E-state index contributed by atoms with van der Waals surface area (Å²) in [5.41, 5.74) is 0. The Morgan fingerprint density at radius 2 is 1.38 bits per heavy atom. The van der Waals surface area contributed by atoms with E-state index in [1.165, 1.54) is 19.3 Å². The molecule has 1 amide bonds. The maximum atomic E-state index is 12.7. The molecule has 1 heterocycles. The van der Waals surface area contributed by atoms with Crippen LogP contribution in [0.25, 0.3) is 0 Å². The number of allylic oxidation sites excluding steroid dienone is 11. The first-order valence-electron chi connectivity index (χ1n) is 16.7. The van der Waals surface area contributed by atoms with Gasteiger partial charge < -0.3 is 40.3 Å². The third-order valence-corrected chi connectivity index (χ3v) is 7.28. The largest absolute Gasteiger partial charge is 0.394 e. The predicted molar refractivity (Wildman–Crippen MR) is 179 cm³/mol. The molecule has 1 aliphatic heterocycles. The fraction of sp³-hybridized carbons (Fsp3) is 0.639. The van der Waals surface area contributed by atoms with Gasteiger partial charge in [0.15, 0.2) is 6.29 Å². The van der Waals surface area contributed by atoms with Crippen molar-refractivity contribution in [3.05, 3.63) is 72.9 Å². The van der Waals surface area contributed by atoms with Crippen LogP contribution in [-0.2, 0) is 14.3 Å². The van der Waals surface area contributed by atoms with E-state index < -0.39 is 49.5 Å². The van der Waals surface area contributed by atoms with Gasteiger partial charge >= 0.3 is 0 Å². The SMILES string of the molecule is CC/C=C\C/C=C\C/C=C\C/C=C\CCC(=O)NC(COC1OC(CO)C(O)C(O)C1O)C(O)/C=C/CC/C=C/CCCCC. The molecule has 0 aromatic carbocycles. The summed E-state index contributed by atoms with van der Waals surface area (Å²) >= 11 is 0.